The van der Waals surface area contributed by atoms with Crippen molar-refractivity contribution in [1.82, 2.24) is 14.9 Å². The minimum Gasteiger partial charge on any atom is -0.497 e. The predicted octanol–water partition coefficient (Wildman–Crippen LogP) is 4.95. The standard InChI is InChI=1S/C29H33N3O5/c1-20(30-28(33)18-21-13-14-26(35-3)27(17-21)36-4)29-31-24-11-5-6-12-25(24)32(29)15-8-16-37-23-10-7-9-22(19-23)34-2/h5-7,9-14,17,19-20H,8,15-16,18H2,1-4H3,(H,30,33). The fourth-order valence-electron chi connectivity index (χ4n) is 4.30. The number of methoxy groups -OCH3 is 3. The van der Waals surface area contributed by atoms with Crippen molar-refractivity contribution in [2.45, 2.75) is 32.4 Å². The Kier molecular flexibility index (Phi) is 8.51. The fourth-order valence-corrected chi connectivity index (χ4v) is 4.30. The number of hydrogen-bond donors (Lipinski definition) is 1. The Morgan fingerprint density at radius 3 is 2.49 bits per heavy atom. The van der Waals surface area contributed by atoms with Gasteiger partial charge in [-0.1, -0.05) is 24.3 Å². The molecule has 0 bridgehead atoms. The molecule has 0 saturated heterocycles. The maximum atomic E-state index is 12.9. The number of fused-ring (bicyclic) bond motifs is 1. The van der Waals surface area contributed by atoms with Gasteiger partial charge in [0.05, 0.1) is 51.4 Å². The number of aromatic nitrogens is 2. The van der Waals surface area contributed by atoms with E-state index in [2.05, 4.69) is 9.88 Å². The van der Waals surface area contributed by atoms with Crippen LogP contribution in [0, 0.1) is 0 Å². The third kappa shape index (κ3) is 6.33. The summed E-state index contributed by atoms with van der Waals surface area (Å²) in [6, 6.07) is 20.8. The lowest BCUT2D eigenvalue weighted by Crippen LogP contribution is -2.30. The van der Waals surface area contributed by atoms with Gasteiger partial charge in [-0.05, 0) is 55.3 Å². The fraction of sp³-hybridized carbons (Fsp3) is 0.310. The van der Waals surface area contributed by atoms with E-state index in [0.717, 1.165) is 40.3 Å². The second-order valence-corrected chi connectivity index (χ2v) is 8.65. The molecular formula is C29H33N3O5. The van der Waals surface area contributed by atoms with Crippen LogP contribution in [0.15, 0.2) is 66.7 Å². The zero-order chi connectivity index (χ0) is 26.2. The molecule has 4 rings (SSSR count). The SMILES string of the molecule is COc1cccc(OCCCn2c(C(C)NC(=O)Cc3ccc(OC)c(OC)c3)nc3ccccc32)c1. The lowest BCUT2D eigenvalue weighted by Gasteiger charge is -2.17. The van der Waals surface area contributed by atoms with Crippen LogP contribution in [-0.4, -0.2) is 43.4 Å². The normalized spacial score (nSPS) is 11.7. The Morgan fingerprint density at radius 1 is 0.919 bits per heavy atom. The maximum Gasteiger partial charge on any atom is 0.224 e. The zero-order valence-electron chi connectivity index (χ0n) is 21.7. The number of benzene rings is 3. The highest BCUT2D eigenvalue weighted by Gasteiger charge is 2.19. The summed E-state index contributed by atoms with van der Waals surface area (Å²) in [5.74, 6) is 3.47. The van der Waals surface area contributed by atoms with Crippen molar-refractivity contribution in [3.05, 3.63) is 78.1 Å². The summed E-state index contributed by atoms with van der Waals surface area (Å²) in [5, 5.41) is 3.10. The second kappa shape index (κ2) is 12.2. The van der Waals surface area contributed by atoms with Gasteiger partial charge in [0.2, 0.25) is 5.91 Å². The van der Waals surface area contributed by atoms with Gasteiger partial charge in [-0.15, -0.1) is 0 Å². The van der Waals surface area contributed by atoms with Crippen molar-refractivity contribution in [2.24, 2.45) is 0 Å². The summed E-state index contributed by atoms with van der Waals surface area (Å²) in [7, 11) is 4.80. The summed E-state index contributed by atoms with van der Waals surface area (Å²) in [6.07, 6.45) is 0.996. The van der Waals surface area contributed by atoms with Gasteiger partial charge in [0.25, 0.3) is 0 Å². The van der Waals surface area contributed by atoms with E-state index in [-0.39, 0.29) is 18.4 Å². The summed E-state index contributed by atoms with van der Waals surface area (Å²) in [4.78, 5) is 17.7. The van der Waals surface area contributed by atoms with Crippen LogP contribution in [0.2, 0.25) is 0 Å². The van der Waals surface area contributed by atoms with Gasteiger partial charge in [0.1, 0.15) is 17.3 Å². The molecule has 194 valence electrons. The second-order valence-electron chi connectivity index (χ2n) is 8.65. The van der Waals surface area contributed by atoms with Gasteiger partial charge in [-0.3, -0.25) is 4.79 Å². The highest BCUT2D eigenvalue weighted by molar-refractivity contribution is 5.80. The van der Waals surface area contributed by atoms with Crippen LogP contribution in [-0.2, 0) is 17.8 Å². The smallest absolute Gasteiger partial charge is 0.224 e. The molecule has 8 heteroatoms. The van der Waals surface area contributed by atoms with Crippen LogP contribution < -0.4 is 24.3 Å². The van der Waals surface area contributed by atoms with E-state index < -0.39 is 0 Å². The summed E-state index contributed by atoms with van der Waals surface area (Å²) >= 11 is 0. The number of ether oxygens (including phenoxy) is 4. The summed E-state index contributed by atoms with van der Waals surface area (Å²) in [6.45, 7) is 3.20. The first-order valence-corrected chi connectivity index (χ1v) is 12.2. The highest BCUT2D eigenvalue weighted by Crippen LogP contribution is 2.28. The van der Waals surface area contributed by atoms with Crippen LogP contribution in [0.25, 0.3) is 11.0 Å². The van der Waals surface area contributed by atoms with Crippen molar-refractivity contribution >= 4 is 16.9 Å². The Morgan fingerprint density at radius 2 is 1.70 bits per heavy atom. The van der Waals surface area contributed by atoms with Crippen LogP contribution in [0.1, 0.15) is 30.8 Å². The van der Waals surface area contributed by atoms with Crippen LogP contribution in [0.4, 0.5) is 0 Å². The highest BCUT2D eigenvalue weighted by atomic mass is 16.5. The molecule has 1 aromatic heterocycles. The molecule has 37 heavy (non-hydrogen) atoms. The molecule has 8 nitrogen and oxygen atoms in total. The average molecular weight is 504 g/mol. The van der Waals surface area contributed by atoms with E-state index in [0.29, 0.717) is 24.7 Å². The molecular weight excluding hydrogens is 470 g/mol. The van der Waals surface area contributed by atoms with Crippen molar-refractivity contribution in [2.75, 3.05) is 27.9 Å². The van der Waals surface area contributed by atoms with Crippen LogP contribution in [0.3, 0.4) is 0 Å². The molecule has 1 unspecified atom stereocenters. The molecule has 3 aromatic carbocycles. The molecule has 1 heterocycles. The Hall–Kier alpha value is -4.20. The van der Waals surface area contributed by atoms with Crippen LogP contribution >= 0.6 is 0 Å². The molecule has 0 aliphatic heterocycles. The van der Waals surface area contributed by atoms with E-state index >= 15 is 0 Å². The van der Waals surface area contributed by atoms with Crippen LogP contribution in [0.5, 0.6) is 23.0 Å². The molecule has 0 fully saturated rings. The molecule has 0 aliphatic carbocycles. The van der Waals surface area contributed by atoms with E-state index in [4.69, 9.17) is 23.9 Å². The first-order chi connectivity index (χ1) is 18.0. The first-order valence-electron chi connectivity index (χ1n) is 12.2. The van der Waals surface area contributed by atoms with Crippen molar-refractivity contribution in [3.63, 3.8) is 0 Å². The Balaban J connectivity index is 1.43. The van der Waals surface area contributed by atoms with Gasteiger partial charge in [-0.2, -0.15) is 0 Å². The number of aryl methyl sites for hydroxylation is 1. The number of para-hydroxylation sites is 2. The van der Waals surface area contributed by atoms with Gasteiger partial charge in [0.15, 0.2) is 11.5 Å². The predicted molar refractivity (Wildman–Crippen MR) is 143 cm³/mol. The Bertz CT molecular complexity index is 1350. The summed E-state index contributed by atoms with van der Waals surface area (Å²) < 4.78 is 24.0. The van der Waals surface area contributed by atoms with Crippen molar-refractivity contribution in [3.8, 4) is 23.0 Å². The average Bonchev–Trinajstić information content (AvgIpc) is 3.29. The third-order valence-electron chi connectivity index (χ3n) is 6.10. The molecule has 0 radical (unpaired) electrons. The molecule has 1 amide bonds. The number of nitrogens with one attached hydrogen (secondary N) is 1. The van der Waals surface area contributed by atoms with Gasteiger partial charge >= 0.3 is 0 Å². The number of imidazole rings is 1. The Labute approximate surface area is 217 Å². The third-order valence-corrected chi connectivity index (χ3v) is 6.10. The van der Waals surface area contributed by atoms with Gasteiger partial charge < -0.3 is 28.8 Å². The van der Waals surface area contributed by atoms with Crippen molar-refractivity contribution in [1.29, 1.82) is 0 Å². The first kappa shape index (κ1) is 25.9. The molecule has 1 atom stereocenters. The molecule has 0 spiro atoms. The van der Waals surface area contributed by atoms with Gasteiger partial charge in [0, 0.05) is 12.6 Å². The number of carbonyl (C=O) groups is 1. The molecule has 4 aromatic rings. The van der Waals surface area contributed by atoms with E-state index in [1.807, 2.05) is 67.6 Å². The minimum absolute atomic E-state index is 0.0975. The number of rotatable bonds is 12. The topological polar surface area (TPSA) is 83.8 Å². The van der Waals surface area contributed by atoms with E-state index in [1.54, 1.807) is 27.4 Å². The van der Waals surface area contributed by atoms with Crippen molar-refractivity contribution < 1.29 is 23.7 Å². The molecule has 0 aliphatic rings. The lowest BCUT2D eigenvalue weighted by molar-refractivity contribution is -0.121. The largest absolute Gasteiger partial charge is 0.497 e. The molecule has 0 saturated carbocycles. The summed E-state index contributed by atoms with van der Waals surface area (Å²) in [5.41, 5.74) is 2.76. The maximum absolute atomic E-state index is 12.9. The number of nitrogens with zero attached hydrogens (tertiary/aromatic N) is 2. The van der Waals surface area contributed by atoms with E-state index in [9.17, 15) is 4.79 Å². The number of amides is 1. The zero-order valence-corrected chi connectivity index (χ0v) is 21.7. The monoisotopic (exact) mass is 503 g/mol. The number of carbonyl (C=O) groups excluding carboxylic acids is 1. The molecule has 1 N–H and O–H groups in total. The quantitative estimate of drug-likeness (QED) is 0.276. The minimum atomic E-state index is -0.278. The van der Waals surface area contributed by atoms with E-state index in [1.165, 1.54) is 0 Å². The number of hydrogen-bond acceptors (Lipinski definition) is 6. The lowest BCUT2D eigenvalue weighted by atomic mass is 10.1. The van der Waals surface area contributed by atoms with Gasteiger partial charge in [-0.25, -0.2) is 4.98 Å².